The average Bonchev–Trinajstić information content (AvgIpc) is 2.97. The highest BCUT2D eigenvalue weighted by Crippen LogP contribution is 2.28. The van der Waals surface area contributed by atoms with Crippen LogP contribution in [-0.2, 0) is 0 Å². The Morgan fingerprint density at radius 1 is 1.29 bits per heavy atom. The normalized spacial score (nSPS) is 12.6. The molecule has 5 nitrogen and oxygen atoms in total. The molecule has 0 fully saturated rings. The van der Waals surface area contributed by atoms with E-state index in [0.29, 0.717) is 0 Å². The van der Waals surface area contributed by atoms with E-state index >= 15 is 0 Å². The summed E-state index contributed by atoms with van der Waals surface area (Å²) < 4.78 is 13.1. The lowest BCUT2D eigenvalue weighted by molar-refractivity contribution is 0.193. The Morgan fingerprint density at radius 2 is 2.04 bits per heavy atom. The number of benzene rings is 2. The van der Waals surface area contributed by atoms with Gasteiger partial charge in [-0.3, -0.25) is 5.10 Å². The molecule has 3 N–H and O–H groups in total. The summed E-state index contributed by atoms with van der Waals surface area (Å²) in [5.74, 6) is -0.286. The Labute approximate surface area is 137 Å². The van der Waals surface area contributed by atoms with Crippen LogP contribution in [0.15, 0.2) is 48.5 Å². The molecule has 0 aliphatic rings. The molecular formula is C18H16FN3O2. The lowest BCUT2D eigenvalue weighted by Gasteiger charge is -2.05. The summed E-state index contributed by atoms with van der Waals surface area (Å²) in [7, 11) is 0. The molecule has 0 saturated heterocycles. The van der Waals surface area contributed by atoms with E-state index < -0.39 is 6.09 Å². The molecule has 1 atom stereocenters. The molecule has 6 heteroatoms. The molecule has 0 unspecified atom stereocenters. The summed E-state index contributed by atoms with van der Waals surface area (Å²) >= 11 is 0. The van der Waals surface area contributed by atoms with Crippen molar-refractivity contribution in [2.24, 2.45) is 0 Å². The number of hydrogen-bond donors (Lipinski definition) is 3. The third-order valence-corrected chi connectivity index (χ3v) is 3.66. The maximum absolute atomic E-state index is 13.1. The molecular weight excluding hydrogens is 309 g/mol. The number of fused-ring (bicyclic) bond motifs is 1. The monoisotopic (exact) mass is 325 g/mol. The number of para-hydroxylation sites is 1. The van der Waals surface area contributed by atoms with Crippen molar-refractivity contribution in [2.45, 2.75) is 13.0 Å². The van der Waals surface area contributed by atoms with E-state index in [1.165, 1.54) is 12.1 Å². The predicted molar refractivity (Wildman–Crippen MR) is 91.1 cm³/mol. The number of carboxylic acid groups (broad SMARTS) is 1. The van der Waals surface area contributed by atoms with Gasteiger partial charge in [0.2, 0.25) is 0 Å². The zero-order chi connectivity index (χ0) is 17.1. The van der Waals surface area contributed by atoms with Crippen LogP contribution in [0.4, 0.5) is 9.18 Å². The standard InChI is InChI=1S/C18H16FN3O2/c1-11(20-18(23)24)5-6-12-3-2-4-15-16(12)21-22-17(15)13-7-9-14(19)10-8-13/h2-11,20H,1H3,(H,21,22)(H,23,24)/b6-5+/t11-/m0/s1. The van der Waals surface area contributed by atoms with Crippen molar-refractivity contribution in [1.29, 1.82) is 0 Å². The van der Waals surface area contributed by atoms with Gasteiger partial charge < -0.3 is 10.4 Å². The van der Waals surface area contributed by atoms with Gasteiger partial charge >= 0.3 is 6.09 Å². The van der Waals surface area contributed by atoms with Crippen LogP contribution in [-0.4, -0.2) is 27.4 Å². The number of rotatable bonds is 4. The first kappa shape index (κ1) is 15.7. The molecule has 3 aromatic rings. The third-order valence-electron chi connectivity index (χ3n) is 3.66. The van der Waals surface area contributed by atoms with E-state index in [4.69, 9.17) is 5.11 Å². The molecule has 0 spiro atoms. The number of nitrogens with one attached hydrogen (secondary N) is 2. The minimum Gasteiger partial charge on any atom is -0.465 e. The van der Waals surface area contributed by atoms with Gasteiger partial charge in [0.1, 0.15) is 5.82 Å². The van der Waals surface area contributed by atoms with Crippen LogP contribution in [0.1, 0.15) is 12.5 Å². The van der Waals surface area contributed by atoms with Gasteiger partial charge in [0.25, 0.3) is 0 Å². The number of carbonyl (C=O) groups is 1. The summed E-state index contributed by atoms with van der Waals surface area (Å²) in [6, 6.07) is 11.6. The fourth-order valence-electron chi connectivity index (χ4n) is 2.52. The van der Waals surface area contributed by atoms with Gasteiger partial charge in [-0.2, -0.15) is 5.10 Å². The molecule has 0 bridgehead atoms. The minimum absolute atomic E-state index is 0.286. The first-order valence-electron chi connectivity index (χ1n) is 7.45. The van der Waals surface area contributed by atoms with Crippen LogP contribution in [0.2, 0.25) is 0 Å². The molecule has 1 aromatic heterocycles. The SMILES string of the molecule is C[C@@H](/C=C/c1cccc2c(-c3ccc(F)cc3)[nH]nc12)NC(=O)O. The first-order valence-corrected chi connectivity index (χ1v) is 7.45. The second-order valence-electron chi connectivity index (χ2n) is 5.45. The van der Waals surface area contributed by atoms with E-state index in [-0.39, 0.29) is 11.9 Å². The topological polar surface area (TPSA) is 78.0 Å². The number of amides is 1. The second kappa shape index (κ2) is 6.54. The van der Waals surface area contributed by atoms with Crippen LogP contribution >= 0.6 is 0 Å². The molecule has 0 radical (unpaired) electrons. The average molecular weight is 325 g/mol. The van der Waals surface area contributed by atoms with Gasteiger partial charge in [-0.25, -0.2) is 9.18 Å². The van der Waals surface area contributed by atoms with Gasteiger partial charge in [-0.05, 0) is 31.2 Å². The Balaban J connectivity index is 1.96. The summed E-state index contributed by atoms with van der Waals surface area (Å²) in [4.78, 5) is 10.6. The molecule has 0 aliphatic heterocycles. The molecule has 1 heterocycles. The van der Waals surface area contributed by atoms with Gasteiger partial charge in [0, 0.05) is 22.6 Å². The van der Waals surface area contributed by atoms with Crippen molar-refractivity contribution in [3.63, 3.8) is 0 Å². The van der Waals surface area contributed by atoms with Crippen LogP contribution < -0.4 is 5.32 Å². The lowest BCUT2D eigenvalue weighted by atomic mass is 10.0. The fraction of sp³-hybridized carbons (Fsp3) is 0.111. The van der Waals surface area contributed by atoms with Crippen LogP contribution in [0.25, 0.3) is 28.2 Å². The van der Waals surface area contributed by atoms with E-state index in [0.717, 1.165) is 27.7 Å². The van der Waals surface area contributed by atoms with E-state index in [1.54, 1.807) is 25.1 Å². The lowest BCUT2D eigenvalue weighted by Crippen LogP contribution is -2.29. The summed E-state index contributed by atoms with van der Waals surface area (Å²) in [5, 5.41) is 19.3. The van der Waals surface area contributed by atoms with Gasteiger partial charge in [-0.15, -0.1) is 0 Å². The summed E-state index contributed by atoms with van der Waals surface area (Å²) in [6.07, 6.45) is 2.52. The Morgan fingerprint density at radius 3 is 2.75 bits per heavy atom. The largest absolute Gasteiger partial charge is 0.465 e. The quantitative estimate of drug-likeness (QED) is 0.677. The predicted octanol–water partition coefficient (Wildman–Crippen LogP) is 4.04. The molecule has 1 amide bonds. The Kier molecular flexibility index (Phi) is 4.29. The Hall–Kier alpha value is -3.15. The fourth-order valence-corrected chi connectivity index (χ4v) is 2.52. The molecule has 0 aliphatic carbocycles. The first-order chi connectivity index (χ1) is 11.5. The smallest absolute Gasteiger partial charge is 0.405 e. The maximum Gasteiger partial charge on any atom is 0.405 e. The number of hydrogen-bond acceptors (Lipinski definition) is 2. The molecule has 2 aromatic carbocycles. The number of H-pyrrole nitrogens is 1. The van der Waals surface area contributed by atoms with E-state index in [2.05, 4.69) is 15.5 Å². The van der Waals surface area contributed by atoms with Crippen molar-refractivity contribution in [1.82, 2.24) is 15.5 Å². The second-order valence-corrected chi connectivity index (χ2v) is 5.45. The summed E-state index contributed by atoms with van der Waals surface area (Å²) in [5.41, 5.74) is 3.31. The maximum atomic E-state index is 13.1. The van der Waals surface area contributed by atoms with Crippen molar-refractivity contribution < 1.29 is 14.3 Å². The van der Waals surface area contributed by atoms with Gasteiger partial charge in [-0.1, -0.05) is 30.4 Å². The number of halogens is 1. The van der Waals surface area contributed by atoms with Crippen LogP contribution in [0.3, 0.4) is 0 Å². The number of aromatic amines is 1. The minimum atomic E-state index is -1.07. The highest BCUT2D eigenvalue weighted by molar-refractivity contribution is 5.97. The Bertz CT molecular complexity index is 900. The highest BCUT2D eigenvalue weighted by atomic mass is 19.1. The van der Waals surface area contributed by atoms with Crippen LogP contribution in [0, 0.1) is 5.82 Å². The molecule has 122 valence electrons. The van der Waals surface area contributed by atoms with Crippen molar-refractivity contribution in [3.05, 3.63) is 59.9 Å². The molecule has 0 saturated carbocycles. The molecule has 3 rings (SSSR count). The zero-order valence-corrected chi connectivity index (χ0v) is 13.0. The zero-order valence-electron chi connectivity index (χ0n) is 13.0. The molecule has 24 heavy (non-hydrogen) atoms. The van der Waals surface area contributed by atoms with E-state index in [1.807, 2.05) is 24.3 Å². The third kappa shape index (κ3) is 3.27. The highest BCUT2D eigenvalue weighted by Gasteiger charge is 2.10. The van der Waals surface area contributed by atoms with E-state index in [9.17, 15) is 9.18 Å². The van der Waals surface area contributed by atoms with Crippen molar-refractivity contribution in [3.8, 4) is 11.3 Å². The number of aromatic nitrogens is 2. The van der Waals surface area contributed by atoms with Crippen LogP contribution in [0.5, 0.6) is 0 Å². The van der Waals surface area contributed by atoms with Gasteiger partial charge in [0.05, 0.1) is 11.2 Å². The van der Waals surface area contributed by atoms with Crippen molar-refractivity contribution in [2.75, 3.05) is 0 Å². The van der Waals surface area contributed by atoms with Gasteiger partial charge in [0.15, 0.2) is 0 Å². The number of nitrogens with zero attached hydrogens (tertiary/aromatic N) is 1. The summed E-state index contributed by atoms with van der Waals surface area (Å²) in [6.45, 7) is 1.75. The van der Waals surface area contributed by atoms with Crippen molar-refractivity contribution >= 4 is 23.1 Å².